The predicted molar refractivity (Wildman–Crippen MR) is 82.5 cm³/mol. The Labute approximate surface area is 122 Å². The lowest BCUT2D eigenvalue weighted by atomic mass is 9.96. The molecular formula is C17H26N2O. The van der Waals surface area contributed by atoms with Crippen LogP contribution in [-0.2, 0) is 6.54 Å². The van der Waals surface area contributed by atoms with Gasteiger partial charge < -0.3 is 10.6 Å². The Bertz CT molecular complexity index is 444. The van der Waals surface area contributed by atoms with E-state index < -0.39 is 0 Å². The molecule has 1 amide bonds. The van der Waals surface area contributed by atoms with Crippen LogP contribution in [0.15, 0.2) is 24.3 Å². The summed E-state index contributed by atoms with van der Waals surface area (Å²) in [6.07, 6.45) is 6.09. The number of carbonyl (C=O) groups excluding carboxylic acids is 1. The fourth-order valence-corrected chi connectivity index (χ4v) is 3.08. The molecule has 1 heterocycles. The van der Waals surface area contributed by atoms with Crippen LogP contribution in [0.5, 0.6) is 0 Å². The van der Waals surface area contributed by atoms with Crippen LogP contribution in [0, 0.1) is 5.92 Å². The molecule has 0 bridgehead atoms. The molecule has 0 saturated carbocycles. The number of likely N-dealkylation sites (tertiary alicyclic amines) is 1. The van der Waals surface area contributed by atoms with Crippen LogP contribution in [0.25, 0.3) is 0 Å². The minimum Gasteiger partial charge on any atom is -0.339 e. The second-order valence-corrected chi connectivity index (χ2v) is 5.78. The summed E-state index contributed by atoms with van der Waals surface area (Å²) in [7, 11) is 0. The molecule has 1 saturated heterocycles. The summed E-state index contributed by atoms with van der Waals surface area (Å²) in [4.78, 5) is 14.6. The fraction of sp³-hybridized carbons (Fsp3) is 0.588. The van der Waals surface area contributed by atoms with Gasteiger partial charge in [0.2, 0.25) is 0 Å². The molecule has 3 nitrogen and oxygen atoms in total. The van der Waals surface area contributed by atoms with Crippen LogP contribution < -0.4 is 5.73 Å². The van der Waals surface area contributed by atoms with Gasteiger partial charge in [-0.25, -0.2) is 0 Å². The minimum atomic E-state index is 0.164. The lowest BCUT2D eigenvalue weighted by molar-refractivity contribution is 0.0759. The molecule has 110 valence electrons. The molecule has 0 spiro atoms. The van der Waals surface area contributed by atoms with Crippen molar-refractivity contribution in [1.82, 2.24) is 4.90 Å². The zero-order valence-electron chi connectivity index (χ0n) is 12.5. The van der Waals surface area contributed by atoms with Crippen LogP contribution in [0.3, 0.4) is 0 Å². The van der Waals surface area contributed by atoms with E-state index in [4.69, 9.17) is 5.73 Å². The number of hydrogen-bond donors (Lipinski definition) is 1. The Morgan fingerprint density at radius 3 is 2.95 bits per heavy atom. The summed E-state index contributed by atoms with van der Waals surface area (Å²) < 4.78 is 0. The highest BCUT2D eigenvalue weighted by molar-refractivity contribution is 5.94. The highest BCUT2D eigenvalue weighted by Gasteiger charge is 2.21. The van der Waals surface area contributed by atoms with Crippen LogP contribution in [0.4, 0.5) is 0 Å². The highest BCUT2D eigenvalue weighted by Crippen LogP contribution is 2.23. The van der Waals surface area contributed by atoms with E-state index in [0.717, 1.165) is 43.0 Å². The molecule has 1 unspecified atom stereocenters. The monoisotopic (exact) mass is 274 g/mol. The van der Waals surface area contributed by atoms with Crippen molar-refractivity contribution in [3.8, 4) is 0 Å². The van der Waals surface area contributed by atoms with Gasteiger partial charge in [0.25, 0.3) is 5.91 Å². The molecule has 20 heavy (non-hydrogen) atoms. The van der Waals surface area contributed by atoms with Crippen molar-refractivity contribution >= 4 is 5.91 Å². The first kappa shape index (κ1) is 15.0. The van der Waals surface area contributed by atoms with Gasteiger partial charge in [-0.15, -0.1) is 0 Å². The van der Waals surface area contributed by atoms with Crippen molar-refractivity contribution in [3.63, 3.8) is 0 Å². The van der Waals surface area contributed by atoms with Crippen molar-refractivity contribution in [2.45, 2.75) is 45.6 Å². The number of amides is 1. The van der Waals surface area contributed by atoms with Gasteiger partial charge in [-0.3, -0.25) is 4.79 Å². The van der Waals surface area contributed by atoms with E-state index in [0.29, 0.717) is 6.54 Å². The van der Waals surface area contributed by atoms with Crippen molar-refractivity contribution in [1.29, 1.82) is 0 Å². The molecule has 0 aromatic heterocycles. The molecule has 1 aromatic rings. The van der Waals surface area contributed by atoms with Gasteiger partial charge in [0.15, 0.2) is 0 Å². The van der Waals surface area contributed by atoms with Gasteiger partial charge in [0.05, 0.1) is 0 Å². The Kier molecular flexibility index (Phi) is 5.60. The molecule has 1 aliphatic heterocycles. The standard InChI is InChI=1S/C17H26N2O/c1-2-5-14-7-4-10-19(11-9-14)17(20)16-8-3-6-15(12-16)13-18/h3,6,8,12,14H,2,4-5,7,9-11,13,18H2,1H3. The zero-order chi connectivity index (χ0) is 14.4. The molecule has 1 fully saturated rings. The van der Waals surface area contributed by atoms with Gasteiger partial charge >= 0.3 is 0 Å². The van der Waals surface area contributed by atoms with Gasteiger partial charge in [0, 0.05) is 25.2 Å². The van der Waals surface area contributed by atoms with Gasteiger partial charge in [-0.1, -0.05) is 31.9 Å². The van der Waals surface area contributed by atoms with E-state index in [1.54, 1.807) is 0 Å². The largest absolute Gasteiger partial charge is 0.339 e. The quantitative estimate of drug-likeness (QED) is 0.916. The van der Waals surface area contributed by atoms with Crippen LogP contribution in [0.2, 0.25) is 0 Å². The minimum absolute atomic E-state index is 0.164. The molecule has 2 rings (SSSR count). The van der Waals surface area contributed by atoms with Crippen LogP contribution in [0.1, 0.15) is 54.9 Å². The third-order valence-electron chi connectivity index (χ3n) is 4.24. The van der Waals surface area contributed by atoms with E-state index in [-0.39, 0.29) is 5.91 Å². The van der Waals surface area contributed by atoms with E-state index in [1.165, 1.54) is 19.3 Å². The van der Waals surface area contributed by atoms with E-state index >= 15 is 0 Å². The third-order valence-corrected chi connectivity index (χ3v) is 4.24. The lowest BCUT2D eigenvalue weighted by Crippen LogP contribution is -2.32. The maximum atomic E-state index is 12.6. The van der Waals surface area contributed by atoms with Crippen molar-refractivity contribution in [2.24, 2.45) is 11.7 Å². The van der Waals surface area contributed by atoms with Crippen LogP contribution in [-0.4, -0.2) is 23.9 Å². The van der Waals surface area contributed by atoms with E-state index in [1.807, 2.05) is 29.2 Å². The summed E-state index contributed by atoms with van der Waals surface area (Å²) >= 11 is 0. The normalized spacial score (nSPS) is 19.7. The second-order valence-electron chi connectivity index (χ2n) is 5.78. The fourth-order valence-electron chi connectivity index (χ4n) is 3.08. The van der Waals surface area contributed by atoms with Crippen molar-refractivity contribution < 1.29 is 4.79 Å². The van der Waals surface area contributed by atoms with E-state index in [2.05, 4.69) is 6.92 Å². The molecule has 2 N–H and O–H groups in total. The summed E-state index contributed by atoms with van der Waals surface area (Å²) in [5.74, 6) is 0.964. The molecule has 1 aromatic carbocycles. The molecule has 0 aliphatic carbocycles. The van der Waals surface area contributed by atoms with Crippen molar-refractivity contribution in [2.75, 3.05) is 13.1 Å². The number of hydrogen-bond acceptors (Lipinski definition) is 2. The maximum Gasteiger partial charge on any atom is 0.253 e. The molecule has 0 radical (unpaired) electrons. The van der Waals surface area contributed by atoms with Gasteiger partial charge in [0.1, 0.15) is 0 Å². The summed E-state index contributed by atoms with van der Waals surface area (Å²) in [6.45, 7) is 4.52. The molecule has 1 atom stereocenters. The number of carbonyl (C=O) groups is 1. The Hall–Kier alpha value is -1.35. The molecule has 1 aliphatic rings. The zero-order valence-corrected chi connectivity index (χ0v) is 12.5. The average molecular weight is 274 g/mol. The first-order valence-corrected chi connectivity index (χ1v) is 7.83. The summed E-state index contributed by atoms with van der Waals surface area (Å²) in [5, 5.41) is 0. The number of benzene rings is 1. The Balaban J connectivity index is 2.01. The van der Waals surface area contributed by atoms with E-state index in [9.17, 15) is 4.79 Å². The summed E-state index contributed by atoms with van der Waals surface area (Å²) in [6, 6.07) is 7.72. The molecular weight excluding hydrogens is 248 g/mol. The third kappa shape index (κ3) is 3.83. The average Bonchev–Trinajstić information content (AvgIpc) is 2.73. The van der Waals surface area contributed by atoms with Gasteiger partial charge in [-0.05, 0) is 42.9 Å². The van der Waals surface area contributed by atoms with Crippen LogP contribution >= 0.6 is 0 Å². The topological polar surface area (TPSA) is 46.3 Å². The van der Waals surface area contributed by atoms with Gasteiger partial charge in [-0.2, -0.15) is 0 Å². The SMILES string of the molecule is CCCC1CCCN(C(=O)c2cccc(CN)c2)CC1. The molecule has 3 heteroatoms. The Morgan fingerprint density at radius 2 is 2.20 bits per heavy atom. The smallest absolute Gasteiger partial charge is 0.253 e. The lowest BCUT2D eigenvalue weighted by Gasteiger charge is -2.21. The van der Waals surface area contributed by atoms with Crippen molar-refractivity contribution in [3.05, 3.63) is 35.4 Å². The second kappa shape index (κ2) is 7.44. The first-order chi connectivity index (χ1) is 9.74. The number of rotatable bonds is 4. The highest BCUT2D eigenvalue weighted by atomic mass is 16.2. The number of nitrogens with zero attached hydrogens (tertiary/aromatic N) is 1. The maximum absolute atomic E-state index is 12.6. The summed E-state index contributed by atoms with van der Waals surface area (Å²) in [5.41, 5.74) is 7.45. The number of nitrogens with two attached hydrogens (primary N) is 1. The Morgan fingerprint density at radius 1 is 1.35 bits per heavy atom. The predicted octanol–water partition coefficient (Wildman–Crippen LogP) is 3.19. The first-order valence-electron chi connectivity index (χ1n) is 7.83.